The number of nitrogens with one attached hydrogen (secondary N) is 1. The Morgan fingerprint density at radius 1 is 1.24 bits per heavy atom. The van der Waals surface area contributed by atoms with Crippen LogP contribution in [0.1, 0.15) is 30.3 Å². The summed E-state index contributed by atoms with van der Waals surface area (Å²) in [5.41, 5.74) is 4.40. The number of hydrogen-bond donors (Lipinski definition) is 1. The van der Waals surface area contributed by atoms with Gasteiger partial charge in [0.25, 0.3) is 0 Å². The Hall–Kier alpha value is -2.10. The molecular formula is C17H21N3O. The zero-order valence-electron chi connectivity index (χ0n) is 12.9. The van der Waals surface area contributed by atoms with Crippen molar-refractivity contribution in [2.24, 2.45) is 0 Å². The second-order valence-electron chi connectivity index (χ2n) is 5.37. The number of aromatic nitrogens is 2. The number of hydrogen-bond acceptors (Lipinski definition) is 4. The quantitative estimate of drug-likeness (QED) is 0.936. The number of para-hydroxylation sites is 1. The van der Waals surface area contributed by atoms with Gasteiger partial charge in [0.2, 0.25) is 0 Å². The number of anilines is 1. The van der Waals surface area contributed by atoms with Crippen molar-refractivity contribution in [3.05, 3.63) is 35.2 Å². The van der Waals surface area contributed by atoms with E-state index in [9.17, 15) is 0 Å². The molecule has 1 N–H and O–H groups in total. The van der Waals surface area contributed by atoms with Gasteiger partial charge in [0.15, 0.2) is 0 Å². The summed E-state index contributed by atoms with van der Waals surface area (Å²) in [5, 5.41) is 3.31. The Morgan fingerprint density at radius 2 is 2.10 bits per heavy atom. The van der Waals surface area contributed by atoms with E-state index in [1.807, 2.05) is 6.92 Å². The van der Waals surface area contributed by atoms with Gasteiger partial charge in [0.1, 0.15) is 17.4 Å². The van der Waals surface area contributed by atoms with Gasteiger partial charge in [-0.3, -0.25) is 0 Å². The molecule has 0 unspecified atom stereocenters. The standard InChI is InChI=1S/C17H21N3O/c1-4-18-17-11(2)15(19-12(3)20-17)14-9-5-7-13-8-6-10-21-16(13)14/h5,7,9H,4,6,8,10H2,1-3H3,(H,18,19,20). The van der Waals surface area contributed by atoms with Crippen molar-refractivity contribution < 1.29 is 4.74 Å². The van der Waals surface area contributed by atoms with Crippen LogP contribution < -0.4 is 10.1 Å². The van der Waals surface area contributed by atoms with Gasteiger partial charge in [0.05, 0.1) is 12.3 Å². The fourth-order valence-corrected chi connectivity index (χ4v) is 2.81. The van der Waals surface area contributed by atoms with E-state index in [0.717, 1.165) is 60.2 Å². The molecule has 0 fully saturated rings. The molecule has 0 amide bonds. The lowest BCUT2D eigenvalue weighted by atomic mass is 9.98. The van der Waals surface area contributed by atoms with E-state index in [2.05, 4.69) is 47.3 Å². The minimum Gasteiger partial charge on any atom is -0.493 e. The minimum atomic E-state index is 0.778. The maximum absolute atomic E-state index is 5.92. The first-order chi connectivity index (χ1) is 10.2. The number of nitrogens with zero attached hydrogens (tertiary/aromatic N) is 2. The normalized spacial score (nSPS) is 13.5. The molecule has 0 atom stereocenters. The van der Waals surface area contributed by atoms with Crippen molar-refractivity contribution >= 4 is 5.82 Å². The lowest BCUT2D eigenvalue weighted by Gasteiger charge is -2.21. The highest BCUT2D eigenvalue weighted by Crippen LogP contribution is 2.37. The maximum atomic E-state index is 5.92. The predicted octanol–water partition coefficient (Wildman–Crippen LogP) is 3.52. The van der Waals surface area contributed by atoms with E-state index in [4.69, 9.17) is 4.74 Å². The highest BCUT2D eigenvalue weighted by atomic mass is 16.5. The molecule has 0 aliphatic carbocycles. The molecule has 0 radical (unpaired) electrons. The Kier molecular flexibility index (Phi) is 3.78. The fraction of sp³-hybridized carbons (Fsp3) is 0.412. The number of fused-ring (bicyclic) bond motifs is 1. The summed E-state index contributed by atoms with van der Waals surface area (Å²) in [4.78, 5) is 9.16. The van der Waals surface area contributed by atoms with Gasteiger partial charge in [-0.25, -0.2) is 9.97 Å². The van der Waals surface area contributed by atoms with Crippen LogP contribution in [-0.4, -0.2) is 23.1 Å². The molecule has 1 aromatic carbocycles. The van der Waals surface area contributed by atoms with Gasteiger partial charge in [-0.05, 0) is 45.2 Å². The summed E-state index contributed by atoms with van der Waals surface area (Å²) in [7, 11) is 0. The number of aryl methyl sites for hydroxylation is 2. The summed E-state index contributed by atoms with van der Waals surface area (Å²) in [6, 6.07) is 6.33. The molecule has 2 aromatic rings. The molecule has 0 saturated carbocycles. The molecule has 0 spiro atoms. The Balaban J connectivity index is 2.17. The Bertz CT molecular complexity index is 667. The van der Waals surface area contributed by atoms with E-state index in [-0.39, 0.29) is 0 Å². The van der Waals surface area contributed by atoms with Crippen molar-refractivity contribution in [2.45, 2.75) is 33.6 Å². The van der Waals surface area contributed by atoms with E-state index in [1.54, 1.807) is 0 Å². The van der Waals surface area contributed by atoms with Gasteiger partial charge < -0.3 is 10.1 Å². The van der Waals surface area contributed by atoms with Crippen LogP contribution in [-0.2, 0) is 6.42 Å². The third-order valence-electron chi connectivity index (χ3n) is 3.79. The summed E-state index contributed by atoms with van der Waals surface area (Å²) in [6.07, 6.45) is 2.16. The fourth-order valence-electron chi connectivity index (χ4n) is 2.81. The molecule has 1 aliphatic rings. The van der Waals surface area contributed by atoms with E-state index in [1.165, 1.54) is 5.56 Å². The third kappa shape index (κ3) is 2.58. The van der Waals surface area contributed by atoms with Crippen LogP contribution in [0.5, 0.6) is 5.75 Å². The van der Waals surface area contributed by atoms with E-state index < -0.39 is 0 Å². The number of rotatable bonds is 3. The highest BCUT2D eigenvalue weighted by molar-refractivity contribution is 5.75. The van der Waals surface area contributed by atoms with Crippen LogP contribution in [0.4, 0.5) is 5.82 Å². The average molecular weight is 283 g/mol. The lowest BCUT2D eigenvalue weighted by molar-refractivity contribution is 0.289. The molecule has 2 heterocycles. The van der Waals surface area contributed by atoms with Crippen molar-refractivity contribution in [1.29, 1.82) is 0 Å². The zero-order valence-corrected chi connectivity index (χ0v) is 12.9. The third-order valence-corrected chi connectivity index (χ3v) is 3.79. The number of benzene rings is 1. The highest BCUT2D eigenvalue weighted by Gasteiger charge is 2.19. The van der Waals surface area contributed by atoms with Crippen molar-refractivity contribution in [3.63, 3.8) is 0 Å². The first kappa shape index (κ1) is 13.9. The first-order valence-electron chi connectivity index (χ1n) is 7.55. The summed E-state index contributed by atoms with van der Waals surface area (Å²) in [6.45, 7) is 7.70. The Morgan fingerprint density at radius 3 is 2.90 bits per heavy atom. The van der Waals surface area contributed by atoms with Crippen LogP contribution in [0.25, 0.3) is 11.3 Å². The van der Waals surface area contributed by atoms with Gasteiger partial charge in [-0.15, -0.1) is 0 Å². The molecule has 21 heavy (non-hydrogen) atoms. The second kappa shape index (κ2) is 5.72. The van der Waals surface area contributed by atoms with E-state index in [0.29, 0.717) is 0 Å². The first-order valence-corrected chi connectivity index (χ1v) is 7.55. The summed E-state index contributed by atoms with van der Waals surface area (Å²) in [5.74, 6) is 2.68. The van der Waals surface area contributed by atoms with Gasteiger partial charge in [-0.2, -0.15) is 0 Å². The van der Waals surface area contributed by atoms with Gasteiger partial charge >= 0.3 is 0 Å². The summed E-state index contributed by atoms with van der Waals surface area (Å²) < 4.78 is 5.92. The largest absolute Gasteiger partial charge is 0.493 e. The topological polar surface area (TPSA) is 47.0 Å². The zero-order chi connectivity index (χ0) is 14.8. The molecule has 0 saturated heterocycles. The molecule has 4 nitrogen and oxygen atoms in total. The molecule has 110 valence electrons. The van der Waals surface area contributed by atoms with Crippen LogP contribution in [0.3, 0.4) is 0 Å². The van der Waals surface area contributed by atoms with Crippen molar-refractivity contribution in [3.8, 4) is 17.0 Å². The Labute approximate surface area is 125 Å². The van der Waals surface area contributed by atoms with E-state index >= 15 is 0 Å². The SMILES string of the molecule is CCNc1nc(C)nc(-c2cccc3c2OCCC3)c1C. The molecule has 1 aliphatic heterocycles. The van der Waals surface area contributed by atoms with Crippen molar-refractivity contribution in [1.82, 2.24) is 9.97 Å². The van der Waals surface area contributed by atoms with Gasteiger partial charge in [0, 0.05) is 17.7 Å². The van der Waals surface area contributed by atoms with Crippen LogP contribution >= 0.6 is 0 Å². The average Bonchev–Trinajstić information content (AvgIpc) is 2.50. The molecule has 3 rings (SSSR count). The predicted molar refractivity (Wildman–Crippen MR) is 84.9 cm³/mol. The van der Waals surface area contributed by atoms with Crippen LogP contribution in [0, 0.1) is 13.8 Å². The van der Waals surface area contributed by atoms with Crippen LogP contribution in [0.2, 0.25) is 0 Å². The monoisotopic (exact) mass is 283 g/mol. The van der Waals surface area contributed by atoms with Crippen molar-refractivity contribution in [2.75, 3.05) is 18.5 Å². The molecule has 1 aromatic heterocycles. The maximum Gasteiger partial charge on any atom is 0.133 e. The number of ether oxygens (including phenoxy) is 1. The minimum absolute atomic E-state index is 0.778. The molecule has 0 bridgehead atoms. The van der Waals surface area contributed by atoms with Gasteiger partial charge in [-0.1, -0.05) is 12.1 Å². The molecular weight excluding hydrogens is 262 g/mol. The lowest BCUT2D eigenvalue weighted by Crippen LogP contribution is -2.11. The van der Waals surface area contributed by atoms with Crippen LogP contribution in [0.15, 0.2) is 18.2 Å². The molecule has 4 heteroatoms. The smallest absolute Gasteiger partial charge is 0.133 e. The summed E-state index contributed by atoms with van der Waals surface area (Å²) >= 11 is 0. The second-order valence-corrected chi connectivity index (χ2v) is 5.37.